The zero-order valence-electron chi connectivity index (χ0n) is 17.0. The average Bonchev–Trinajstić information content (AvgIpc) is 2.71. The molecule has 7 heteroatoms. The van der Waals surface area contributed by atoms with Gasteiger partial charge in [-0.15, -0.1) is 0 Å². The summed E-state index contributed by atoms with van der Waals surface area (Å²) >= 11 is 5.92. The first-order chi connectivity index (χ1) is 13.9. The summed E-state index contributed by atoms with van der Waals surface area (Å²) in [5.41, 5.74) is 1.02. The van der Waals surface area contributed by atoms with Crippen LogP contribution in [0.3, 0.4) is 0 Å². The second-order valence-electron chi connectivity index (χ2n) is 6.63. The van der Waals surface area contributed by atoms with E-state index in [-0.39, 0.29) is 11.9 Å². The normalized spacial score (nSPS) is 11.8. The van der Waals surface area contributed by atoms with E-state index in [1.807, 2.05) is 0 Å². The summed E-state index contributed by atoms with van der Waals surface area (Å²) in [4.78, 5) is 25.8. The smallest absolute Gasteiger partial charge is 0.338 e. The molecule has 0 radical (unpaired) electrons. The molecule has 0 saturated carbocycles. The third-order valence-electron chi connectivity index (χ3n) is 4.56. The molecule has 2 rings (SSSR count). The van der Waals surface area contributed by atoms with Crippen molar-refractivity contribution in [1.29, 1.82) is 0 Å². The number of rotatable bonds is 10. The highest BCUT2D eigenvalue weighted by atomic mass is 35.5. The predicted octanol–water partition coefficient (Wildman–Crippen LogP) is 2.83. The van der Waals surface area contributed by atoms with Crippen molar-refractivity contribution in [3.63, 3.8) is 0 Å². The first-order valence-electron chi connectivity index (χ1n) is 9.76. The van der Waals surface area contributed by atoms with E-state index in [2.05, 4.69) is 19.2 Å². The first-order valence-corrected chi connectivity index (χ1v) is 10.1. The third kappa shape index (κ3) is 7.40. The largest absolute Gasteiger partial charge is 0.481 e. The van der Waals surface area contributed by atoms with Gasteiger partial charge in [0.15, 0.2) is 6.10 Å². The number of hydrogen-bond donors (Lipinski definition) is 2. The molecule has 0 bridgehead atoms. The van der Waals surface area contributed by atoms with E-state index >= 15 is 0 Å². The lowest BCUT2D eigenvalue weighted by atomic mass is 10.2. The molecule has 0 fully saturated rings. The summed E-state index contributed by atoms with van der Waals surface area (Å²) in [7, 11) is 0. The Labute approximate surface area is 176 Å². The van der Waals surface area contributed by atoms with Gasteiger partial charge in [0, 0.05) is 10.7 Å². The van der Waals surface area contributed by atoms with Gasteiger partial charge in [-0.25, -0.2) is 4.79 Å². The number of nitrogens with one attached hydrogen (secondary N) is 2. The summed E-state index contributed by atoms with van der Waals surface area (Å²) in [5, 5.41) is 3.30. The zero-order chi connectivity index (χ0) is 21.2. The minimum Gasteiger partial charge on any atom is -0.481 e. The van der Waals surface area contributed by atoms with Crippen LogP contribution in [0.25, 0.3) is 0 Å². The van der Waals surface area contributed by atoms with Crippen molar-refractivity contribution in [3.8, 4) is 5.75 Å². The number of amides is 1. The fourth-order valence-electron chi connectivity index (χ4n) is 2.71. The van der Waals surface area contributed by atoms with Gasteiger partial charge in [0.25, 0.3) is 5.91 Å². The molecule has 0 spiro atoms. The van der Waals surface area contributed by atoms with E-state index in [9.17, 15) is 9.59 Å². The van der Waals surface area contributed by atoms with E-state index in [0.29, 0.717) is 28.6 Å². The van der Waals surface area contributed by atoms with Gasteiger partial charge in [-0.05, 0) is 63.2 Å². The zero-order valence-corrected chi connectivity index (χ0v) is 17.8. The molecule has 2 aromatic rings. The van der Waals surface area contributed by atoms with Crippen molar-refractivity contribution in [1.82, 2.24) is 0 Å². The minimum atomic E-state index is -0.708. The minimum absolute atomic E-state index is 0.303. The van der Waals surface area contributed by atoms with Crippen molar-refractivity contribution in [2.45, 2.75) is 26.9 Å². The van der Waals surface area contributed by atoms with E-state index in [1.165, 1.54) is 4.90 Å². The van der Waals surface area contributed by atoms with Crippen LogP contribution < -0.4 is 15.0 Å². The van der Waals surface area contributed by atoms with Gasteiger partial charge in [0.1, 0.15) is 18.9 Å². The highest BCUT2D eigenvalue weighted by Gasteiger charge is 2.16. The fourth-order valence-corrected chi connectivity index (χ4v) is 2.89. The van der Waals surface area contributed by atoms with Crippen molar-refractivity contribution < 1.29 is 24.0 Å². The first kappa shape index (κ1) is 22.7. The maximum atomic E-state index is 12.3. The van der Waals surface area contributed by atoms with E-state index in [4.69, 9.17) is 21.1 Å². The Hall–Kier alpha value is -2.57. The molecule has 156 valence electrons. The average molecular weight is 420 g/mol. The molecule has 2 aromatic carbocycles. The van der Waals surface area contributed by atoms with E-state index < -0.39 is 6.10 Å². The molecule has 0 aliphatic carbocycles. The van der Waals surface area contributed by atoms with Crippen LogP contribution in [0.2, 0.25) is 5.02 Å². The molecule has 0 heterocycles. The Morgan fingerprint density at radius 3 is 2.41 bits per heavy atom. The van der Waals surface area contributed by atoms with E-state index in [0.717, 1.165) is 19.6 Å². The van der Waals surface area contributed by atoms with Crippen molar-refractivity contribution in [2.75, 3.05) is 31.6 Å². The maximum Gasteiger partial charge on any atom is 0.338 e. The Balaban J connectivity index is 1.84. The van der Waals surface area contributed by atoms with Crippen LogP contribution in [0.5, 0.6) is 5.75 Å². The molecule has 1 atom stereocenters. The number of anilines is 1. The van der Waals surface area contributed by atoms with Crippen LogP contribution in [0, 0.1) is 0 Å². The van der Waals surface area contributed by atoms with Crippen molar-refractivity contribution in [2.24, 2.45) is 0 Å². The molecule has 0 aromatic heterocycles. The molecule has 0 saturated heterocycles. The van der Waals surface area contributed by atoms with Gasteiger partial charge in [0.2, 0.25) is 0 Å². The number of quaternary nitrogens is 1. The number of benzene rings is 2. The standard InChI is InChI=1S/C22H27ClN2O4/c1-4-25(5-2)13-14-28-22(27)17-9-11-19(12-10-17)24-21(26)16(3)29-20-8-6-7-18(23)15-20/h6-12,15-16H,4-5,13-14H2,1-3H3,(H,24,26)/p+1/t16-/m1/s1. The van der Waals surface area contributed by atoms with Crippen LogP contribution >= 0.6 is 11.6 Å². The van der Waals surface area contributed by atoms with Gasteiger partial charge in [0.05, 0.1) is 18.7 Å². The Morgan fingerprint density at radius 2 is 1.79 bits per heavy atom. The van der Waals surface area contributed by atoms with Crippen LogP contribution in [0.15, 0.2) is 48.5 Å². The van der Waals surface area contributed by atoms with Crippen LogP contribution in [0.1, 0.15) is 31.1 Å². The third-order valence-corrected chi connectivity index (χ3v) is 4.79. The lowest BCUT2D eigenvalue weighted by Crippen LogP contribution is -3.11. The quantitative estimate of drug-likeness (QED) is 0.581. The Bertz CT molecular complexity index is 807. The van der Waals surface area contributed by atoms with Crippen molar-refractivity contribution >= 4 is 29.2 Å². The summed E-state index contributed by atoms with van der Waals surface area (Å²) in [6, 6.07) is 13.5. The molecule has 1 amide bonds. The summed E-state index contributed by atoms with van der Waals surface area (Å²) < 4.78 is 10.9. The lowest BCUT2D eigenvalue weighted by molar-refractivity contribution is -0.896. The molecule has 0 unspecified atom stereocenters. The van der Waals surface area contributed by atoms with Gasteiger partial charge in [-0.1, -0.05) is 17.7 Å². The number of carbonyl (C=O) groups is 2. The summed E-state index contributed by atoms with van der Waals surface area (Å²) in [6.45, 7) is 9.04. The lowest BCUT2D eigenvalue weighted by Gasteiger charge is -2.15. The molecule has 0 aliphatic rings. The fraction of sp³-hybridized carbons (Fsp3) is 0.364. The number of likely N-dealkylation sites (N-methyl/N-ethyl adjacent to an activating group) is 1. The highest BCUT2D eigenvalue weighted by molar-refractivity contribution is 6.30. The van der Waals surface area contributed by atoms with Crippen molar-refractivity contribution in [3.05, 3.63) is 59.1 Å². The molecular weight excluding hydrogens is 392 g/mol. The molecule has 0 aliphatic heterocycles. The van der Waals surface area contributed by atoms with Gasteiger partial charge < -0.3 is 19.7 Å². The Morgan fingerprint density at radius 1 is 1.10 bits per heavy atom. The molecular formula is C22H28ClN2O4+. The number of carbonyl (C=O) groups excluding carboxylic acids is 2. The number of ether oxygens (including phenoxy) is 2. The SMILES string of the molecule is CC[NH+](CC)CCOC(=O)c1ccc(NC(=O)[C@@H](C)Oc2cccc(Cl)c2)cc1. The van der Waals surface area contributed by atoms with Gasteiger partial charge in [-0.3, -0.25) is 4.79 Å². The second-order valence-corrected chi connectivity index (χ2v) is 7.06. The number of esters is 1. The van der Waals surface area contributed by atoms with Gasteiger partial charge in [-0.2, -0.15) is 0 Å². The predicted molar refractivity (Wildman–Crippen MR) is 114 cm³/mol. The topological polar surface area (TPSA) is 69.1 Å². The molecule has 29 heavy (non-hydrogen) atoms. The van der Waals surface area contributed by atoms with E-state index in [1.54, 1.807) is 55.5 Å². The maximum absolute atomic E-state index is 12.3. The highest BCUT2D eigenvalue weighted by Crippen LogP contribution is 2.19. The van der Waals surface area contributed by atoms with Crippen LogP contribution in [0.4, 0.5) is 5.69 Å². The number of hydrogen-bond acceptors (Lipinski definition) is 4. The summed E-state index contributed by atoms with van der Waals surface area (Å²) in [6.07, 6.45) is -0.708. The van der Waals surface area contributed by atoms with Crippen LogP contribution in [-0.2, 0) is 9.53 Å². The summed E-state index contributed by atoms with van der Waals surface area (Å²) in [5.74, 6) is -0.153. The second kappa shape index (κ2) is 11.4. The van der Waals surface area contributed by atoms with Crippen LogP contribution in [-0.4, -0.2) is 44.2 Å². The Kier molecular flexibility index (Phi) is 8.96. The van der Waals surface area contributed by atoms with Gasteiger partial charge >= 0.3 is 5.97 Å². The number of halogens is 1. The molecule has 2 N–H and O–H groups in total. The monoisotopic (exact) mass is 419 g/mol. The molecule has 6 nitrogen and oxygen atoms in total.